The first kappa shape index (κ1) is 19.2. The van der Waals surface area contributed by atoms with Crippen molar-refractivity contribution in [3.05, 3.63) is 11.4 Å². The van der Waals surface area contributed by atoms with Crippen molar-refractivity contribution in [1.29, 1.82) is 0 Å². The fourth-order valence-electron chi connectivity index (χ4n) is 2.76. The smallest absolute Gasteiger partial charge is 0.137 e. The zero-order valence-electron chi connectivity index (χ0n) is 15.5. The molecule has 0 heterocycles. The maximum absolute atomic E-state index is 2.93. The Hall–Kier alpha value is 0.191. The summed E-state index contributed by atoms with van der Waals surface area (Å²) in [6.45, 7) is 29.5. The summed E-state index contributed by atoms with van der Waals surface area (Å²) in [4.78, 5) is 0. The Balaban J connectivity index is 6.04. The van der Waals surface area contributed by atoms with Crippen LogP contribution in [-0.4, -0.2) is 28.8 Å². The highest BCUT2D eigenvalue weighted by molar-refractivity contribution is 6.94. The quantitative estimate of drug-likeness (QED) is 0.596. The maximum atomic E-state index is 2.93. The number of hydrogen-bond acceptors (Lipinski definition) is 1. The van der Waals surface area contributed by atoms with Crippen molar-refractivity contribution in [3.8, 4) is 0 Å². The number of allylic oxidation sites excluding steroid dienone is 1. The van der Waals surface area contributed by atoms with Crippen LogP contribution in [-0.2, 0) is 0 Å². The van der Waals surface area contributed by atoms with Gasteiger partial charge in [0.15, 0.2) is 0 Å². The van der Waals surface area contributed by atoms with Crippen LogP contribution in [0.3, 0.4) is 0 Å². The monoisotopic (exact) mass is 315 g/mol. The number of rotatable bonds is 4. The third-order valence-electron chi connectivity index (χ3n) is 2.92. The first-order valence-electron chi connectivity index (χ1n) is 7.50. The van der Waals surface area contributed by atoms with E-state index in [0.717, 1.165) is 0 Å². The van der Waals surface area contributed by atoms with Gasteiger partial charge in [0.05, 0.1) is 8.07 Å². The molecule has 0 spiro atoms. The Morgan fingerprint density at radius 3 is 1.21 bits per heavy atom. The van der Waals surface area contributed by atoms with E-state index in [0.29, 0.717) is 0 Å². The summed E-state index contributed by atoms with van der Waals surface area (Å²) < 4.78 is 2.93. The minimum absolute atomic E-state index is 0.271. The molecule has 0 aromatic rings. The van der Waals surface area contributed by atoms with Gasteiger partial charge in [-0.15, -0.1) is 0 Å². The molecule has 0 radical (unpaired) electrons. The van der Waals surface area contributed by atoms with Gasteiger partial charge in [-0.1, -0.05) is 85.8 Å². The van der Waals surface area contributed by atoms with E-state index in [4.69, 9.17) is 0 Å². The molecule has 0 amide bonds. The van der Waals surface area contributed by atoms with Gasteiger partial charge in [-0.2, -0.15) is 0 Å². The van der Waals surface area contributed by atoms with Crippen molar-refractivity contribution in [2.24, 2.45) is 5.41 Å². The lowest BCUT2D eigenvalue weighted by Gasteiger charge is -2.51. The molecule has 0 aromatic carbocycles. The second-order valence-corrected chi connectivity index (χ2v) is 24.9. The predicted octanol–water partition coefficient (Wildman–Crippen LogP) is 5.77. The van der Waals surface area contributed by atoms with Crippen molar-refractivity contribution >= 4 is 24.5 Å². The second-order valence-electron chi connectivity index (χ2n) is 9.82. The average Bonchev–Trinajstić information content (AvgIpc) is 1.91. The fraction of sp³-hybridized carbons (Fsp3) is 0.867. The Morgan fingerprint density at radius 2 is 1.05 bits per heavy atom. The van der Waals surface area contributed by atoms with E-state index in [2.05, 4.69) is 90.0 Å². The van der Waals surface area contributed by atoms with Crippen molar-refractivity contribution in [3.63, 3.8) is 0 Å². The first-order valence-corrected chi connectivity index (χ1v) is 17.9. The fourth-order valence-corrected chi connectivity index (χ4v) is 17.9. The predicted molar refractivity (Wildman–Crippen MR) is 99.4 cm³/mol. The lowest BCUT2D eigenvalue weighted by atomic mass is 9.97. The van der Waals surface area contributed by atoms with E-state index in [-0.39, 0.29) is 5.41 Å². The van der Waals surface area contributed by atoms with Crippen molar-refractivity contribution in [2.75, 3.05) is 0 Å². The summed E-state index contributed by atoms with van der Waals surface area (Å²) in [7, 11) is -3.99. The van der Waals surface area contributed by atoms with Crippen LogP contribution < -0.4 is 0 Å². The normalized spacial score (nSPS) is 15.7. The van der Waals surface area contributed by atoms with Gasteiger partial charge >= 0.3 is 0 Å². The van der Waals surface area contributed by atoms with Crippen molar-refractivity contribution in [2.45, 2.75) is 79.7 Å². The van der Waals surface area contributed by atoms with E-state index < -0.39 is 24.5 Å². The molecule has 0 N–H and O–H groups in total. The molecule has 114 valence electrons. The third-order valence-corrected chi connectivity index (χ3v) is 12.5. The molecule has 0 saturated heterocycles. The molecule has 0 atom stereocenters. The molecule has 0 saturated carbocycles. The van der Waals surface area contributed by atoms with E-state index in [1.54, 1.807) is 5.32 Å². The van der Waals surface area contributed by atoms with Crippen LogP contribution in [0, 0.1) is 5.41 Å². The minimum Gasteiger partial charge on any atom is -0.432 e. The standard InChI is InChI=1S/C15H37NSi3/c1-15(2,3)13-14(17(4,5)6)16(18(7,8)9)19(10,11)12/h13H,1-12H3/b14-13+. The van der Waals surface area contributed by atoms with Crippen LogP contribution in [0.15, 0.2) is 11.4 Å². The van der Waals surface area contributed by atoms with Gasteiger partial charge in [0.25, 0.3) is 0 Å². The molecule has 0 rings (SSSR count). The van der Waals surface area contributed by atoms with Gasteiger partial charge in [0, 0.05) is 0 Å². The molecule has 0 fully saturated rings. The van der Waals surface area contributed by atoms with Crippen LogP contribution in [0.5, 0.6) is 0 Å². The second kappa shape index (κ2) is 5.53. The molecule has 0 aromatic heterocycles. The molecule has 0 aliphatic carbocycles. The van der Waals surface area contributed by atoms with Crippen LogP contribution in [0.25, 0.3) is 0 Å². The van der Waals surface area contributed by atoms with Crippen LogP contribution in [0.2, 0.25) is 58.9 Å². The van der Waals surface area contributed by atoms with Gasteiger partial charge in [0.1, 0.15) is 16.5 Å². The van der Waals surface area contributed by atoms with Crippen molar-refractivity contribution < 1.29 is 0 Å². The summed E-state index contributed by atoms with van der Waals surface area (Å²) in [6.07, 6.45) is 2.58. The van der Waals surface area contributed by atoms with Gasteiger partial charge in [-0.25, -0.2) is 0 Å². The SMILES string of the molecule is CC(C)(C)/C=C(\N([Si](C)(C)C)[Si](C)(C)C)[Si](C)(C)C. The number of hydrogen-bond donors (Lipinski definition) is 0. The molecule has 0 aliphatic rings. The lowest BCUT2D eigenvalue weighted by Crippen LogP contribution is -2.61. The zero-order chi connectivity index (χ0) is 15.9. The highest BCUT2D eigenvalue weighted by atomic mass is 28.4. The molecule has 1 nitrogen and oxygen atoms in total. The molecule has 4 heteroatoms. The topological polar surface area (TPSA) is 3.24 Å². The molecular weight excluding hydrogens is 278 g/mol. The maximum Gasteiger partial charge on any atom is 0.137 e. The summed E-state index contributed by atoms with van der Waals surface area (Å²) in [5.41, 5.74) is 0.271. The molecule has 0 bridgehead atoms. The van der Waals surface area contributed by atoms with E-state index in [9.17, 15) is 0 Å². The lowest BCUT2D eigenvalue weighted by molar-refractivity contribution is 0.533. The minimum atomic E-state index is -1.33. The van der Waals surface area contributed by atoms with Gasteiger partial charge in [-0.3, -0.25) is 0 Å². The summed E-state index contributed by atoms with van der Waals surface area (Å²) in [6, 6.07) is 0. The highest BCUT2D eigenvalue weighted by Gasteiger charge is 2.40. The van der Waals surface area contributed by atoms with E-state index >= 15 is 0 Å². The van der Waals surface area contributed by atoms with Crippen LogP contribution >= 0.6 is 0 Å². The Morgan fingerprint density at radius 1 is 0.737 bits per heavy atom. The first-order chi connectivity index (χ1) is 7.96. The molecular formula is C15H37NSi3. The Kier molecular flexibility index (Phi) is 5.58. The largest absolute Gasteiger partial charge is 0.432 e. The zero-order valence-corrected chi connectivity index (χ0v) is 18.5. The Labute approximate surface area is 125 Å². The van der Waals surface area contributed by atoms with Crippen molar-refractivity contribution in [1.82, 2.24) is 4.23 Å². The van der Waals surface area contributed by atoms with Gasteiger partial charge < -0.3 is 4.23 Å². The van der Waals surface area contributed by atoms with Gasteiger partial charge in [-0.05, 0) is 10.7 Å². The molecule has 19 heavy (non-hydrogen) atoms. The summed E-state index contributed by atoms with van der Waals surface area (Å²) in [5.74, 6) is 0. The number of nitrogens with zero attached hydrogens (tertiary/aromatic N) is 1. The third kappa shape index (κ3) is 6.45. The summed E-state index contributed by atoms with van der Waals surface area (Å²) >= 11 is 0. The molecule has 0 aliphatic heterocycles. The van der Waals surface area contributed by atoms with E-state index in [1.165, 1.54) is 0 Å². The van der Waals surface area contributed by atoms with E-state index in [1.807, 2.05) is 0 Å². The Bertz CT molecular complexity index is 318. The average molecular weight is 316 g/mol. The summed E-state index contributed by atoms with van der Waals surface area (Å²) in [5, 5.41) is 1.71. The highest BCUT2D eigenvalue weighted by Crippen LogP contribution is 2.33. The van der Waals surface area contributed by atoms with Gasteiger partial charge in [0.2, 0.25) is 0 Å². The molecule has 0 unspecified atom stereocenters. The van der Waals surface area contributed by atoms with Crippen LogP contribution in [0.4, 0.5) is 0 Å². The van der Waals surface area contributed by atoms with Crippen LogP contribution in [0.1, 0.15) is 20.8 Å².